The van der Waals surface area contributed by atoms with Crippen molar-refractivity contribution in [2.45, 2.75) is 18.3 Å². The van der Waals surface area contributed by atoms with Gasteiger partial charge in [0.2, 0.25) is 17.8 Å². The molecule has 142 valence electrons. The van der Waals surface area contributed by atoms with Crippen LogP contribution in [0.5, 0.6) is 22.3 Å². The Balaban J connectivity index is 1.31. The van der Waals surface area contributed by atoms with E-state index in [-0.39, 0.29) is 12.7 Å². The van der Waals surface area contributed by atoms with Crippen LogP contribution in [0.1, 0.15) is 18.4 Å². The molecule has 1 N–H and O–H groups in total. The Morgan fingerprint density at radius 3 is 2.82 bits per heavy atom. The predicted octanol–water partition coefficient (Wildman–Crippen LogP) is 4.99. The van der Waals surface area contributed by atoms with E-state index in [1.54, 1.807) is 18.3 Å². The molecule has 0 saturated heterocycles. The van der Waals surface area contributed by atoms with E-state index in [4.69, 9.17) is 25.8 Å². The molecule has 0 unspecified atom stereocenters. The third kappa shape index (κ3) is 3.06. The van der Waals surface area contributed by atoms with Crippen LogP contribution in [0.2, 0.25) is 5.02 Å². The second-order valence-corrected chi connectivity index (χ2v) is 8.02. The topological polar surface area (TPSA) is 69.7 Å². The Morgan fingerprint density at radius 1 is 1.18 bits per heavy atom. The third-order valence-corrected chi connectivity index (χ3v) is 5.96. The molecule has 2 heterocycles. The minimum Gasteiger partial charge on any atom is -0.454 e. The molecule has 8 heteroatoms. The van der Waals surface area contributed by atoms with Crippen molar-refractivity contribution in [3.63, 3.8) is 0 Å². The molecule has 1 saturated carbocycles. The number of rotatable bonds is 5. The van der Waals surface area contributed by atoms with Gasteiger partial charge in [-0.15, -0.1) is 0 Å². The Labute approximate surface area is 170 Å². The van der Waals surface area contributed by atoms with Crippen molar-refractivity contribution < 1.29 is 19.0 Å². The van der Waals surface area contributed by atoms with Gasteiger partial charge >= 0.3 is 0 Å². The number of hydrogen-bond acceptors (Lipinski definition) is 6. The maximum atomic E-state index is 12.9. The van der Waals surface area contributed by atoms with Gasteiger partial charge in [-0.1, -0.05) is 41.1 Å². The fourth-order valence-corrected chi connectivity index (χ4v) is 4.03. The number of para-hydroxylation sites is 1. The number of nitrogens with one attached hydrogen (secondary N) is 1. The first-order chi connectivity index (χ1) is 13.6. The first kappa shape index (κ1) is 17.3. The molecule has 28 heavy (non-hydrogen) atoms. The van der Waals surface area contributed by atoms with Gasteiger partial charge in [0.25, 0.3) is 0 Å². The van der Waals surface area contributed by atoms with Crippen LogP contribution in [-0.2, 0) is 10.2 Å². The standard InChI is InChI=1S/C20H15ClN2O4S/c21-13-3-1-2-4-14(13)27-17-10-22-19(28-17)23-18(24)20(7-8-20)12-5-6-15-16(9-12)26-11-25-15/h1-6,9-10H,7-8,11H2,(H,22,23,24). The van der Waals surface area contributed by atoms with Crippen LogP contribution in [0.15, 0.2) is 48.7 Å². The zero-order valence-electron chi connectivity index (χ0n) is 14.6. The zero-order chi connectivity index (χ0) is 19.1. The summed E-state index contributed by atoms with van der Waals surface area (Å²) in [4.78, 5) is 17.2. The number of ether oxygens (including phenoxy) is 3. The monoisotopic (exact) mass is 414 g/mol. The van der Waals surface area contributed by atoms with Gasteiger partial charge in [-0.05, 0) is 42.7 Å². The number of benzene rings is 2. The lowest BCUT2D eigenvalue weighted by Gasteiger charge is -2.15. The molecule has 6 nitrogen and oxygen atoms in total. The molecule has 1 amide bonds. The van der Waals surface area contributed by atoms with Crippen molar-refractivity contribution in [3.8, 4) is 22.3 Å². The molecular formula is C20H15ClN2O4S. The maximum Gasteiger partial charge on any atom is 0.236 e. The van der Waals surface area contributed by atoms with Crippen LogP contribution in [0.25, 0.3) is 0 Å². The molecule has 1 aromatic heterocycles. The Hall–Kier alpha value is -2.77. The van der Waals surface area contributed by atoms with Crippen molar-refractivity contribution in [2.24, 2.45) is 0 Å². The number of nitrogens with zero attached hydrogens (tertiary/aromatic N) is 1. The fourth-order valence-electron chi connectivity index (χ4n) is 3.18. The van der Waals surface area contributed by atoms with E-state index in [2.05, 4.69) is 10.3 Å². The van der Waals surface area contributed by atoms with E-state index in [0.717, 1.165) is 18.4 Å². The number of anilines is 1. The van der Waals surface area contributed by atoms with E-state index >= 15 is 0 Å². The van der Waals surface area contributed by atoms with Gasteiger partial charge in [0, 0.05) is 0 Å². The number of thiazole rings is 1. The quantitative estimate of drug-likeness (QED) is 0.637. The van der Waals surface area contributed by atoms with Crippen molar-refractivity contribution >= 4 is 34.0 Å². The summed E-state index contributed by atoms with van der Waals surface area (Å²) in [6, 6.07) is 12.9. The minimum atomic E-state index is -0.545. The largest absolute Gasteiger partial charge is 0.454 e. The smallest absolute Gasteiger partial charge is 0.236 e. The number of amides is 1. The number of fused-ring (bicyclic) bond motifs is 1. The molecule has 0 spiro atoms. The predicted molar refractivity (Wildman–Crippen MR) is 106 cm³/mol. The van der Waals surface area contributed by atoms with Crippen LogP contribution in [0.3, 0.4) is 0 Å². The molecule has 1 aliphatic carbocycles. The Bertz CT molecular complexity index is 1060. The summed E-state index contributed by atoms with van der Waals surface area (Å²) in [6.07, 6.45) is 3.14. The lowest BCUT2D eigenvalue weighted by molar-refractivity contribution is -0.118. The highest BCUT2D eigenvalue weighted by atomic mass is 35.5. The molecule has 0 bridgehead atoms. The van der Waals surface area contributed by atoms with Gasteiger partial charge in [-0.25, -0.2) is 4.98 Å². The summed E-state index contributed by atoms with van der Waals surface area (Å²) >= 11 is 7.37. The first-order valence-corrected chi connectivity index (χ1v) is 9.93. The molecule has 1 aliphatic heterocycles. The summed E-state index contributed by atoms with van der Waals surface area (Å²) in [5.41, 5.74) is 0.384. The second-order valence-electron chi connectivity index (χ2n) is 6.62. The maximum absolute atomic E-state index is 12.9. The molecule has 1 fully saturated rings. The highest BCUT2D eigenvalue weighted by molar-refractivity contribution is 7.17. The zero-order valence-corrected chi connectivity index (χ0v) is 16.2. The van der Waals surface area contributed by atoms with Crippen molar-refractivity contribution in [1.29, 1.82) is 0 Å². The summed E-state index contributed by atoms with van der Waals surface area (Å²) in [5.74, 6) is 1.86. The number of carbonyl (C=O) groups excluding carboxylic acids is 1. The number of hydrogen-bond donors (Lipinski definition) is 1. The van der Waals surface area contributed by atoms with Crippen molar-refractivity contribution in [2.75, 3.05) is 12.1 Å². The van der Waals surface area contributed by atoms with E-state index in [1.807, 2.05) is 30.3 Å². The van der Waals surface area contributed by atoms with Crippen LogP contribution < -0.4 is 19.5 Å². The molecule has 0 atom stereocenters. The lowest BCUT2D eigenvalue weighted by Crippen LogP contribution is -2.27. The van der Waals surface area contributed by atoms with Crippen molar-refractivity contribution in [3.05, 3.63) is 59.2 Å². The summed E-state index contributed by atoms with van der Waals surface area (Å²) in [5, 5.41) is 4.47. The van der Waals surface area contributed by atoms with E-state index in [0.29, 0.717) is 32.5 Å². The highest BCUT2D eigenvalue weighted by Crippen LogP contribution is 2.51. The van der Waals surface area contributed by atoms with Gasteiger partial charge in [0.1, 0.15) is 5.75 Å². The van der Waals surface area contributed by atoms with Crippen LogP contribution in [-0.4, -0.2) is 17.7 Å². The second kappa shape index (κ2) is 6.68. The first-order valence-electron chi connectivity index (χ1n) is 8.74. The number of halogens is 1. The van der Waals surface area contributed by atoms with Crippen molar-refractivity contribution in [1.82, 2.24) is 4.98 Å². The van der Waals surface area contributed by atoms with E-state index < -0.39 is 5.41 Å². The van der Waals surface area contributed by atoms with Crippen LogP contribution >= 0.6 is 22.9 Å². The Kier molecular flexibility index (Phi) is 4.14. The molecule has 2 aliphatic rings. The molecular weight excluding hydrogens is 400 g/mol. The summed E-state index contributed by atoms with van der Waals surface area (Å²) in [7, 11) is 0. The number of carbonyl (C=O) groups is 1. The minimum absolute atomic E-state index is 0.0787. The number of aromatic nitrogens is 1. The summed E-state index contributed by atoms with van der Waals surface area (Å²) < 4.78 is 16.5. The fraction of sp³-hybridized carbons (Fsp3) is 0.200. The van der Waals surface area contributed by atoms with Gasteiger partial charge in [-0.2, -0.15) is 0 Å². The molecule has 0 radical (unpaired) electrons. The normalized spacial score (nSPS) is 15.9. The average Bonchev–Trinajstić information content (AvgIpc) is 3.18. The lowest BCUT2D eigenvalue weighted by atomic mass is 9.94. The molecule has 3 aromatic rings. The van der Waals surface area contributed by atoms with Crippen LogP contribution in [0, 0.1) is 0 Å². The average molecular weight is 415 g/mol. The third-order valence-electron chi connectivity index (χ3n) is 4.86. The van der Waals surface area contributed by atoms with Gasteiger partial charge in [0.05, 0.1) is 16.6 Å². The Morgan fingerprint density at radius 2 is 2.00 bits per heavy atom. The van der Waals surface area contributed by atoms with Gasteiger partial charge in [-0.3, -0.25) is 4.79 Å². The summed E-state index contributed by atoms with van der Waals surface area (Å²) in [6.45, 7) is 0.214. The van der Waals surface area contributed by atoms with Crippen LogP contribution in [0.4, 0.5) is 5.13 Å². The van der Waals surface area contributed by atoms with Gasteiger partial charge in [0.15, 0.2) is 16.6 Å². The molecule has 5 rings (SSSR count). The van der Waals surface area contributed by atoms with E-state index in [9.17, 15) is 4.79 Å². The molecule has 2 aromatic carbocycles. The van der Waals surface area contributed by atoms with Gasteiger partial charge < -0.3 is 19.5 Å². The van der Waals surface area contributed by atoms with E-state index in [1.165, 1.54) is 11.3 Å². The highest BCUT2D eigenvalue weighted by Gasteiger charge is 2.52. The SMILES string of the molecule is O=C(Nc1ncc(Oc2ccccc2Cl)s1)C1(c2ccc3c(c2)OCO3)CC1.